The van der Waals surface area contributed by atoms with Crippen LogP contribution in [0.4, 0.5) is 0 Å². The van der Waals surface area contributed by atoms with Crippen molar-refractivity contribution in [3.63, 3.8) is 0 Å². The van der Waals surface area contributed by atoms with Crippen LogP contribution in [0, 0.1) is 5.92 Å². The third-order valence-corrected chi connectivity index (χ3v) is 9.02. The number of rotatable bonds is 37. The Bertz CT molecular complexity index is 883. The Kier molecular flexibility index (Phi) is 37.6. The first kappa shape index (κ1) is 49.4. The maximum Gasteiger partial charge on any atom is 0.306 e. The van der Waals surface area contributed by atoms with E-state index in [1.165, 1.54) is 78.1 Å². The van der Waals surface area contributed by atoms with Crippen LogP contribution in [0.2, 0.25) is 0 Å². The first-order chi connectivity index (χ1) is 25.3. The van der Waals surface area contributed by atoms with Crippen molar-refractivity contribution in [3.8, 4) is 0 Å². The molecule has 52 heavy (non-hydrogen) atoms. The van der Waals surface area contributed by atoms with E-state index in [1.807, 2.05) is 0 Å². The molecule has 0 spiro atoms. The Hall–Kier alpha value is -2.63. The van der Waals surface area contributed by atoms with Crippen molar-refractivity contribution in [1.82, 2.24) is 0 Å². The summed E-state index contributed by atoms with van der Waals surface area (Å²) in [4.78, 5) is 33.9. The molecule has 6 nitrogen and oxygen atoms in total. The van der Waals surface area contributed by atoms with Gasteiger partial charge in [0.2, 0.25) is 0 Å². The van der Waals surface area contributed by atoms with Gasteiger partial charge in [-0.25, -0.2) is 0 Å². The molecule has 0 heterocycles. The summed E-state index contributed by atoms with van der Waals surface area (Å²) in [5, 5.41) is 0. The Morgan fingerprint density at radius 2 is 0.769 bits per heavy atom. The summed E-state index contributed by atoms with van der Waals surface area (Å²) in [6, 6.07) is 0. The number of allylic oxidation sites excluding steroid dienone is 8. The van der Waals surface area contributed by atoms with Crippen LogP contribution >= 0.6 is 0 Å². The Morgan fingerprint density at radius 1 is 0.442 bits per heavy atom. The number of hydrogen-bond acceptors (Lipinski definition) is 6. The predicted octanol–water partition coefficient (Wildman–Crippen LogP) is 13.4. The SMILES string of the molecule is CC(=O)OCCCCC/C=C\C/C=C\CCCCCCCCC(CCCCCCCC/C=C\C/C=C\CCCCCOC(C)=O)OC(=O)CC(C)C. The lowest BCUT2D eigenvalue weighted by atomic mass is 10.0. The lowest BCUT2D eigenvalue weighted by molar-refractivity contribution is -0.150. The molecule has 0 fully saturated rings. The quantitative estimate of drug-likeness (QED) is 0.0274. The van der Waals surface area contributed by atoms with E-state index >= 15 is 0 Å². The third-order valence-electron chi connectivity index (χ3n) is 9.02. The van der Waals surface area contributed by atoms with E-state index < -0.39 is 0 Å². The summed E-state index contributed by atoms with van der Waals surface area (Å²) in [6.07, 6.45) is 48.8. The van der Waals surface area contributed by atoms with Crippen LogP contribution in [0.25, 0.3) is 0 Å². The van der Waals surface area contributed by atoms with E-state index in [9.17, 15) is 14.4 Å². The summed E-state index contributed by atoms with van der Waals surface area (Å²) in [5.41, 5.74) is 0. The standard InChI is InChI=1S/C46H80O6/c1-42(2)41-46(49)52-45(37-33-29-25-21-17-13-9-5-7-11-15-19-23-27-31-35-39-50-43(3)47)38-34-30-26-22-18-14-10-6-8-12-16-20-24-28-32-36-40-51-44(4)48/h5-8,15-16,19-20,42,45H,9-14,17-18,21-41H2,1-4H3/b7-5-,8-6-,19-15-,20-16-. The minimum Gasteiger partial charge on any atom is -0.466 e. The Balaban J connectivity index is 3.85. The molecule has 0 amide bonds. The number of unbranched alkanes of at least 4 members (excludes halogenated alkanes) is 18. The van der Waals surface area contributed by atoms with Crippen LogP contribution in [0.3, 0.4) is 0 Å². The molecule has 0 radical (unpaired) electrons. The number of ether oxygens (including phenoxy) is 3. The zero-order valence-electron chi connectivity index (χ0n) is 34.2. The fourth-order valence-corrected chi connectivity index (χ4v) is 6.04. The topological polar surface area (TPSA) is 78.9 Å². The second-order valence-electron chi connectivity index (χ2n) is 14.8. The van der Waals surface area contributed by atoms with E-state index in [0.29, 0.717) is 25.6 Å². The first-order valence-electron chi connectivity index (χ1n) is 21.4. The highest BCUT2D eigenvalue weighted by Crippen LogP contribution is 2.19. The van der Waals surface area contributed by atoms with Gasteiger partial charge in [-0.2, -0.15) is 0 Å². The summed E-state index contributed by atoms with van der Waals surface area (Å²) >= 11 is 0. The maximum atomic E-state index is 12.4. The van der Waals surface area contributed by atoms with Gasteiger partial charge in [0.25, 0.3) is 0 Å². The van der Waals surface area contributed by atoms with Crippen molar-refractivity contribution in [3.05, 3.63) is 48.6 Å². The van der Waals surface area contributed by atoms with E-state index in [2.05, 4.69) is 62.5 Å². The highest BCUT2D eigenvalue weighted by atomic mass is 16.5. The molecule has 0 N–H and O–H groups in total. The molecule has 0 atom stereocenters. The monoisotopic (exact) mass is 729 g/mol. The fraction of sp³-hybridized carbons (Fsp3) is 0.761. The molecule has 0 bridgehead atoms. The van der Waals surface area contributed by atoms with E-state index in [4.69, 9.17) is 14.2 Å². The Labute approximate surface area is 320 Å². The number of carbonyl (C=O) groups excluding carboxylic acids is 3. The van der Waals surface area contributed by atoms with Gasteiger partial charge in [-0.15, -0.1) is 0 Å². The zero-order valence-corrected chi connectivity index (χ0v) is 34.2. The maximum absolute atomic E-state index is 12.4. The van der Waals surface area contributed by atoms with Crippen molar-refractivity contribution >= 4 is 17.9 Å². The van der Waals surface area contributed by atoms with Gasteiger partial charge >= 0.3 is 17.9 Å². The van der Waals surface area contributed by atoms with E-state index in [1.54, 1.807) is 0 Å². The molecule has 0 aliphatic rings. The van der Waals surface area contributed by atoms with Gasteiger partial charge in [-0.3, -0.25) is 14.4 Å². The van der Waals surface area contributed by atoms with Gasteiger partial charge in [0, 0.05) is 20.3 Å². The molecular weight excluding hydrogens is 649 g/mol. The van der Waals surface area contributed by atoms with Crippen molar-refractivity contribution in [2.24, 2.45) is 5.92 Å². The lowest BCUT2D eigenvalue weighted by Crippen LogP contribution is -2.19. The third kappa shape index (κ3) is 41.8. The molecule has 0 unspecified atom stereocenters. The molecule has 0 rings (SSSR count). The highest BCUT2D eigenvalue weighted by Gasteiger charge is 2.15. The van der Waals surface area contributed by atoms with Crippen LogP contribution in [0.5, 0.6) is 0 Å². The summed E-state index contributed by atoms with van der Waals surface area (Å²) < 4.78 is 15.9. The van der Waals surface area contributed by atoms with Crippen LogP contribution in [-0.4, -0.2) is 37.2 Å². The Morgan fingerprint density at radius 3 is 1.12 bits per heavy atom. The number of hydrogen-bond donors (Lipinski definition) is 0. The van der Waals surface area contributed by atoms with Gasteiger partial charge in [0.1, 0.15) is 6.10 Å². The molecular formula is C46H80O6. The minimum absolute atomic E-state index is 0.0203. The van der Waals surface area contributed by atoms with Gasteiger partial charge in [-0.1, -0.05) is 114 Å². The minimum atomic E-state index is -0.187. The van der Waals surface area contributed by atoms with Crippen LogP contribution < -0.4 is 0 Å². The number of carbonyl (C=O) groups is 3. The molecule has 0 aromatic rings. The highest BCUT2D eigenvalue weighted by molar-refractivity contribution is 5.69. The molecule has 0 aliphatic heterocycles. The van der Waals surface area contributed by atoms with Crippen molar-refractivity contribution in [2.45, 2.75) is 207 Å². The summed E-state index contributed by atoms with van der Waals surface area (Å²) in [7, 11) is 0. The molecule has 0 aliphatic carbocycles. The van der Waals surface area contributed by atoms with Gasteiger partial charge in [-0.05, 0) is 121 Å². The zero-order chi connectivity index (χ0) is 38.2. The molecule has 0 saturated heterocycles. The smallest absolute Gasteiger partial charge is 0.306 e. The number of esters is 3. The van der Waals surface area contributed by atoms with Gasteiger partial charge < -0.3 is 14.2 Å². The van der Waals surface area contributed by atoms with Crippen LogP contribution in [0.1, 0.15) is 201 Å². The van der Waals surface area contributed by atoms with Crippen LogP contribution in [0.15, 0.2) is 48.6 Å². The fourth-order valence-electron chi connectivity index (χ4n) is 6.04. The summed E-state index contributed by atoms with van der Waals surface area (Å²) in [5.74, 6) is -0.0532. The van der Waals surface area contributed by atoms with Gasteiger partial charge in [0.15, 0.2) is 0 Å². The van der Waals surface area contributed by atoms with Crippen molar-refractivity contribution in [2.75, 3.05) is 13.2 Å². The van der Waals surface area contributed by atoms with Crippen molar-refractivity contribution in [1.29, 1.82) is 0 Å². The van der Waals surface area contributed by atoms with E-state index in [0.717, 1.165) is 103 Å². The first-order valence-corrected chi connectivity index (χ1v) is 21.4. The second kappa shape index (κ2) is 39.6. The van der Waals surface area contributed by atoms with Crippen molar-refractivity contribution < 1.29 is 28.6 Å². The second-order valence-corrected chi connectivity index (χ2v) is 14.8. The average Bonchev–Trinajstić information content (AvgIpc) is 3.09. The van der Waals surface area contributed by atoms with Gasteiger partial charge in [0.05, 0.1) is 13.2 Å². The van der Waals surface area contributed by atoms with Crippen LogP contribution in [-0.2, 0) is 28.6 Å². The predicted molar refractivity (Wildman–Crippen MR) is 219 cm³/mol. The molecule has 0 aromatic heterocycles. The molecule has 300 valence electrons. The lowest BCUT2D eigenvalue weighted by Gasteiger charge is -2.19. The van der Waals surface area contributed by atoms with E-state index in [-0.39, 0.29) is 24.0 Å². The molecule has 6 heteroatoms. The average molecular weight is 729 g/mol. The molecule has 0 saturated carbocycles. The summed E-state index contributed by atoms with van der Waals surface area (Å²) in [6.45, 7) is 8.18. The normalized spacial score (nSPS) is 12.0. The molecule has 0 aromatic carbocycles. The largest absolute Gasteiger partial charge is 0.466 e.